The molecule has 2 heterocycles. The third kappa shape index (κ3) is 4.13. The first-order chi connectivity index (χ1) is 15.1. The van der Waals surface area contributed by atoms with Crippen LogP contribution in [0, 0.1) is 0 Å². The van der Waals surface area contributed by atoms with Crippen LogP contribution in [-0.4, -0.2) is 29.1 Å². The first kappa shape index (κ1) is 21.0. The highest BCUT2D eigenvalue weighted by Gasteiger charge is 2.42. The summed E-state index contributed by atoms with van der Waals surface area (Å²) in [7, 11) is 2.01. The summed E-state index contributed by atoms with van der Waals surface area (Å²) in [5, 5.41) is 2.51. The second-order valence-electron chi connectivity index (χ2n) is 8.06. The van der Waals surface area contributed by atoms with Crippen molar-refractivity contribution in [2.75, 3.05) is 11.9 Å². The summed E-state index contributed by atoms with van der Waals surface area (Å²) >= 11 is 9.39. The van der Waals surface area contributed by atoms with Crippen molar-refractivity contribution < 1.29 is 4.79 Å². The van der Waals surface area contributed by atoms with Crippen molar-refractivity contribution in [3.05, 3.63) is 69.1 Å². The Hall–Kier alpha value is -1.89. The zero-order chi connectivity index (χ0) is 21.4. The molecule has 1 aliphatic carbocycles. The van der Waals surface area contributed by atoms with Crippen molar-refractivity contribution in [1.82, 2.24) is 4.90 Å². The molecule has 0 unspecified atom stereocenters. The van der Waals surface area contributed by atoms with Crippen LogP contribution < -0.4 is 4.90 Å². The predicted molar refractivity (Wildman–Crippen MR) is 132 cm³/mol. The van der Waals surface area contributed by atoms with Crippen molar-refractivity contribution in [2.24, 2.45) is 4.99 Å². The molecule has 2 aromatic carbocycles. The maximum atomic E-state index is 13.7. The van der Waals surface area contributed by atoms with Gasteiger partial charge in [-0.1, -0.05) is 73.0 Å². The van der Waals surface area contributed by atoms with Crippen LogP contribution in [0.2, 0.25) is 5.02 Å². The van der Waals surface area contributed by atoms with E-state index in [-0.39, 0.29) is 11.9 Å². The van der Waals surface area contributed by atoms with Gasteiger partial charge >= 0.3 is 0 Å². The maximum Gasteiger partial charge on any atom is 0.269 e. The first-order valence-electron chi connectivity index (χ1n) is 10.7. The molecule has 160 valence electrons. The molecule has 0 N–H and O–H groups in total. The van der Waals surface area contributed by atoms with E-state index >= 15 is 0 Å². The summed E-state index contributed by atoms with van der Waals surface area (Å²) in [6.45, 7) is 0.584. The predicted octanol–water partition coefficient (Wildman–Crippen LogP) is 6.52. The van der Waals surface area contributed by atoms with E-state index in [0.29, 0.717) is 11.6 Å². The number of amidine groups is 1. The molecule has 4 nitrogen and oxygen atoms in total. The van der Waals surface area contributed by atoms with Crippen LogP contribution in [0.1, 0.15) is 37.7 Å². The average molecular weight is 470 g/mol. The van der Waals surface area contributed by atoms with Crippen molar-refractivity contribution in [3.63, 3.8) is 0 Å². The molecule has 31 heavy (non-hydrogen) atoms. The number of halogens is 1. The van der Waals surface area contributed by atoms with E-state index in [9.17, 15) is 4.79 Å². The van der Waals surface area contributed by atoms with E-state index in [2.05, 4.69) is 17.0 Å². The molecular weight excluding hydrogens is 446 g/mol. The van der Waals surface area contributed by atoms with Crippen molar-refractivity contribution in [2.45, 2.75) is 49.6 Å². The third-order valence-electron chi connectivity index (χ3n) is 5.98. The zero-order valence-corrected chi connectivity index (χ0v) is 19.8. The molecule has 2 fully saturated rings. The van der Waals surface area contributed by atoms with Gasteiger partial charge in [0.2, 0.25) is 0 Å². The van der Waals surface area contributed by atoms with Crippen molar-refractivity contribution >= 4 is 51.9 Å². The molecule has 3 aliphatic rings. The number of rotatable bonds is 3. The molecule has 2 aromatic rings. The quantitative estimate of drug-likeness (QED) is 0.479. The summed E-state index contributed by atoms with van der Waals surface area (Å²) in [4.78, 5) is 24.6. The van der Waals surface area contributed by atoms with E-state index in [0.717, 1.165) is 44.1 Å². The van der Waals surface area contributed by atoms with Crippen LogP contribution in [0.5, 0.6) is 0 Å². The highest BCUT2D eigenvalue weighted by molar-refractivity contribution is 8.19. The van der Waals surface area contributed by atoms with Gasteiger partial charge in [0.15, 0.2) is 5.17 Å². The highest BCUT2D eigenvalue weighted by atomic mass is 35.5. The van der Waals surface area contributed by atoms with Crippen molar-refractivity contribution in [1.29, 1.82) is 0 Å². The Morgan fingerprint density at radius 3 is 2.61 bits per heavy atom. The number of hydrogen-bond donors (Lipinski definition) is 0. The number of amides is 1. The van der Waals surface area contributed by atoms with Gasteiger partial charge in [0, 0.05) is 23.0 Å². The van der Waals surface area contributed by atoms with Gasteiger partial charge < -0.3 is 4.90 Å². The van der Waals surface area contributed by atoms with Crippen LogP contribution in [0.4, 0.5) is 5.69 Å². The summed E-state index contributed by atoms with van der Waals surface area (Å²) in [6.07, 6.45) is 5.71. The normalized spacial score (nSPS) is 23.2. The molecule has 0 atom stereocenters. The van der Waals surface area contributed by atoms with Crippen LogP contribution in [0.25, 0.3) is 0 Å². The Morgan fingerprint density at radius 1 is 1.06 bits per heavy atom. The number of fused-ring (bicyclic) bond motifs is 1. The Morgan fingerprint density at radius 2 is 1.84 bits per heavy atom. The van der Waals surface area contributed by atoms with E-state index in [4.69, 9.17) is 16.6 Å². The van der Waals surface area contributed by atoms with Gasteiger partial charge in [0.25, 0.3) is 5.91 Å². The molecule has 1 amide bonds. The fraction of sp³-hybridized carbons (Fsp3) is 0.333. The third-order valence-corrected chi connectivity index (χ3v) is 8.66. The number of aliphatic imine (C=N–C) groups is 1. The van der Waals surface area contributed by atoms with Crippen LogP contribution >= 0.6 is 35.1 Å². The Kier molecular flexibility index (Phi) is 6.04. The highest BCUT2D eigenvalue weighted by Crippen LogP contribution is 2.51. The van der Waals surface area contributed by atoms with Crippen LogP contribution in [0.15, 0.2) is 68.4 Å². The topological polar surface area (TPSA) is 35.9 Å². The zero-order valence-electron chi connectivity index (χ0n) is 17.4. The smallest absolute Gasteiger partial charge is 0.269 e. The minimum atomic E-state index is 0.0944. The Labute approximate surface area is 196 Å². The largest absolute Gasteiger partial charge is 0.337 e. The van der Waals surface area contributed by atoms with E-state index in [1.54, 1.807) is 11.8 Å². The molecule has 1 saturated heterocycles. The Bertz CT molecular complexity index is 1060. The van der Waals surface area contributed by atoms with Crippen LogP contribution in [-0.2, 0) is 11.3 Å². The number of benzene rings is 2. The number of hydrogen-bond acceptors (Lipinski definition) is 5. The van der Waals surface area contributed by atoms with Gasteiger partial charge in [-0.25, -0.2) is 0 Å². The number of nitrogens with zero attached hydrogens (tertiary/aromatic N) is 3. The van der Waals surface area contributed by atoms with Gasteiger partial charge in [-0.3, -0.25) is 14.7 Å². The van der Waals surface area contributed by atoms with E-state index in [1.807, 2.05) is 48.3 Å². The maximum absolute atomic E-state index is 13.7. The van der Waals surface area contributed by atoms with Gasteiger partial charge in [-0.05, 0) is 48.4 Å². The lowest BCUT2D eigenvalue weighted by atomic mass is 9.94. The number of thioether (sulfide) groups is 2. The number of carbonyl (C=O) groups is 1. The Balaban J connectivity index is 1.50. The standard InChI is InChI=1S/C24H24ClN3OS2/c1-27-19-14-17(25)12-13-20(19)30-23(27)21-22(29)28(18-10-6-3-7-11-18)24(31-21)26-15-16-8-4-2-5-9-16/h2,4-5,8-9,12-14,18H,3,6-7,10-11,15H2,1H3/b23-21-,26-24?. The van der Waals surface area contributed by atoms with E-state index < -0.39 is 0 Å². The molecule has 0 radical (unpaired) electrons. The first-order valence-corrected chi connectivity index (χ1v) is 12.7. The fourth-order valence-corrected chi connectivity index (χ4v) is 6.88. The summed E-state index contributed by atoms with van der Waals surface area (Å²) < 4.78 is 0. The minimum absolute atomic E-state index is 0.0944. The summed E-state index contributed by atoms with van der Waals surface area (Å²) in [6, 6.07) is 16.4. The molecule has 0 bridgehead atoms. The SMILES string of the molecule is CN1/C(=C2/SC(=NCc3ccccc3)N(C3CCCCC3)C2=O)Sc2ccc(Cl)cc21. The summed E-state index contributed by atoms with van der Waals surface area (Å²) in [5.74, 6) is 0.0944. The number of carbonyl (C=O) groups excluding carboxylic acids is 1. The van der Waals surface area contributed by atoms with Crippen molar-refractivity contribution in [3.8, 4) is 0 Å². The molecule has 5 rings (SSSR count). The summed E-state index contributed by atoms with van der Waals surface area (Å²) in [5.41, 5.74) is 2.20. The molecular formula is C24H24ClN3OS2. The minimum Gasteiger partial charge on any atom is -0.337 e. The number of anilines is 1. The second-order valence-corrected chi connectivity index (χ2v) is 10.5. The van der Waals surface area contributed by atoms with Crippen LogP contribution in [0.3, 0.4) is 0 Å². The molecule has 7 heteroatoms. The van der Waals surface area contributed by atoms with Gasteiger partial charge in [-0.15, -0.1) is 0 Å². The molecule has 1 saturated carbocycles. The second kappa shape index (κ2) is 8.93. The van der Waals surface area contributed by atoms with Gasteiger partial charge in [0.05, 0.1) is 17.3 Å². The lowest BCUT2D eigenvalue weighted by Gasteiger charge is -2.30. The van der Waals surface area contributed by atoms with Gasteiger partial charge in [-0.2, -0.15) is 0 Å². The lowest BCUT2D eigenvalue weighted by molar-refractivity contribution is -0.124. The molecule has 0 spiro atoms. The average Bonchev–Trinajstić information content (AvgIpc) is 3.30. The van der Waals surface area contributed by atoms with Gasteiger partial charge in [0.1, 0.15) is 4.91 Å². The fourth-order valence-electron chi connectivity index (χ4n) is 4.35. The monoisotopic (exact) mass is 469 g/mol. The lowest BCUT2D eigenvalue weighted by Crippen LogP contribution is -2.40. The molecule has 0 aromatic heterocycles. The molecule has 2 aliphatic heterocycles. The van der Waals surface area contributed by atoms with E-state index in [1.165, 1.54) is 31.0 Å².